The first-order valence-electron chi connectivity index (χ1n) is 35.9. The molecule has 3 aromatic rings. The second kappa shape index (κ2) is 38.2. The number of phosphoric acid groups is 3. The summed E-state index contributed by atoms with van der Waals surface area (Å²) in [5.74, 6) is 0.769. The van der Waals surface area contributed by atoms with Gasteiger partial charge in [0.15, 0.2) is 0 Å². The molecule has 4 aliphatic rings. The van der Waals surface area contributed by atoms with Gasteiger partial charge in [0.05, 0.1) is 131 Å². The van der Waals surface area contributed by atoms with Crippen LogP contribution < -0.4 is 0 Å². The maximum absolute atomic E-state index is 13.7. The van der Waals surface area contributed by atoms with Crippen LogP contribution in [-0.2, 0) is 78.1 Å². The van der Waals surface area contributed by atoms with Crippen molar-refractivity contribution >= 4 is 48.1 Å². The van der Waals surface area contributed by atoms with Crippen molar-refractivity contribution in [2.75, 3.05) is 52.9 Å². The highest BCUT2D eigenvalue weighted by molar-refractivity contribution is 7.53. The van der Waals surface area contributed by atoms with E-state index in [-0.39, 0.29) is 126 Å². The smallest absolute Gasteiger partial charge is 0.375 e. The Morgan fingerprint density at radius 1 is 0.423 bits per heavy atom. The highest BCUT2D eigenvalue weighted by Gasteiger charge is 2.45. The Hall–Kier alpha value is -3.86. The van der Waals surface area contributed by atoms with E-state index < -0.39 is 100 Å². The van der Waals surface area contributed by atoms with Gasteiger partial charge in [-0.1, -0.05) is 64.1 Å². The van der Waals surface area contributed by atoms with Gasteiger partial charge < -0.3 is 47.4 Å². The Bertz CT molecular complexity index is 3470. The van der Waals surface area contributed by atoms with Gasteiger partial charge in [0.25, 0.3) is 17.1 Å². The number of rotatable bonds is 37. The number of hydrogen-bond donors (Lipinski definition) is 3. The zero-order valence-corrected chi connectivity index (χ0v) is 67.0. The van der Waals surface area contributed by atoms with E-state index in [1.807, 2.05) is 90.0 Å². The Morgan fingerprint density at radius 3 is 1.15 bits per heavy atom. The van der Waals surface area contributed by atoms with E-state index in [9.17, 15) is 63.3 Å². The molecule has 590 valence electrons. The molecule has 0 aliphatic heterocycles. The molecule has 33 heteroatoms. The Kier molecular flexibility index (Phi) is 32.7. The topological polar surface area (TPSA) is 378 Å². The lowest BCUT2D eigenvalue weighted by Crippen LogP contribution is -2.31. The van der Waals surface area contributed by atoms with Crippen LogP contribution in [-0.4, -0.2) is 129 Å². The summed E-state index contributed by atoms with van der Waals surface area (Å²) in [6.07, 6.45) is -0.311. The Balaban J connectivity index is 0.000000335. The molecule has 104 heavy (non-hydrogen) atoms. The third kappa shape index (κ3) is 30.5. The van der Waals surface area contributed by atoms with Crippen molar-refractivity contribution in [3.63, 3.8) is 0 Å². The van der Waals surface area contributed by atoms with Crippen LogP contribution in [0.3, 0.4) is 0 Å². The number of ether oxygens (including phenoxy) is 5. The SMILES string of the molecule is C[C@@H]1C[C@H](COP(=O)(O)OC(CC(OCCOP(C)(=O)O[C@@H]2C[C@H](C)C[C@@H]2COC(C)(C)C)c2ccccc2[N+](=O)[O-])c2ccccc2[N+](=O)[O-])[C@H](OC(C)(C)C)C1.C[C@@H]1C[C@H](COP(=O)(O)OC(CCOP(=O)(O)O[C@@H]2C[C@H](C)C[C@@H]2COC(C)(C)C)c2ccccc2[N+](=O)[O-])[C@H](OC(C)(C)C)C1. The minimum absolute atomic E-state index is 0.00453. The van der Waals surface area contributed by atoms with Gasteiger partial charge in [0.2, 0.25) is 0 Å². The summed E-state index contributed by atoms with van der Waals surface area (Å²) in [5.41, 5.74) is -2.65. The van der Waals surface area contributed by atoms with Crippen LogP contribution in [0.2, 0.25) is 0 Å². The number of para-hydroxylation sites is 3. The van der Waals surface area contributed by atoms with Crippen molar-refractivity contribution in [3.05, 3.63) is 120 Å². The largest absolute Gasteiger partial charge is 0.472 e. The van der Waals surface area contributed by atoms with E-state index in [0.29, 0.717) is 44.3 Å². The van der Waals surface area contributed by atoms with E-state index in [4.69, 9.17) is 59.9 Å². The molecule has 4 saturated carbocycles. The molecule has 0 spiro atoms. The molecule has 0 radical (unpaired) electrons. The molecule has 3 aromatic carbocycles. The van der Waals surface area contributed by atoms with Crippen LogP contribution >= 0.6 is 31.1 Å². The zero-order chi connectivity index (χ0) is 77.6. The van der Waals surface area contributed by atoms with Crippen LogP contribution in [0.5, 0.6) is 0 Å². The van der Waals surface area contributed by atoms with E-state index >= 15 is 0 Å². The van der Waals surface area contributed by atoms with Crippen LogP contribution in [0, 0.1) is 77.7 Å². The van der Waals surface area contributed by atoms with Gasteiger partial charge in [-0.2, -0.15) is 0 Å². The lowest BCUT2D eigenvalue weighted by atomic mass is 9.96. The Morgan fingerprint density at radius 2 is 0.769 bits per heavy atom. The van der Waals surface area contributed by atoms with Gasteiger partial charge in [-0.25, -0.2) is 13.7 Å². The van der Waals surface area contributed by atoms with Crippen molar-refractivity contribution in [1.29, 1.82) is 0 Å². The van der Waals surface area contributed by atoms with Crippen LogP contribution in [0.4, 0.5) is 17.1 Å². The van der Waals surface area contributed by atoms with Crippen LogP contribution in [0.15, 0.2) is 72.8 Å². The summed E-state index contributed by atoms with van der Waals surface area (Å²) in [5, 5.41) is 36.2. The van der Waals surface area contributed by atoms with Gasteiger partial charge >= 0.3 is 31.1 Å². The van der Waals surface area contributed by atoms with Crippen molar-refractivity contribution in [3.8, 4) is 0 Å². The molecule has 29 nitrogen and oxygen atoms in total. The zero-order valence-electron chi connectivity index (χ0n) is 63.5. The minimum Gasteiger partial charge on any atom is -0.375 e. The number of hydrogen-bond acceptors (Lipinski definition) is 23. The highest BCUT2D eigenvalue weighted by Crippen LogP contribution is 2.56. The number of nitro groups is 3. The van der Waals surface area contributed by atoms with Crippen molar-refractivity contribution in [2.24, 2.45) is 47.3 Å². The Labute approximate surface area is 613 Å². The summed E-state index contributed by atoms with van der Waals surface area (Å²) in [4.78, 5) is 66.8. The molecule has 7 rings (SSSR count). The first-order valence-corrected chi connectivity index (χ1v) is 42.3. The second-order valence-electron chi connectivity index (χ2n) is 32.5. The summed E-state index contributed by atoms with van der Waals surface area (Å²) in [7, 11) is -17.9. The average molecular weight is 1550 g/mol. The van der Waals surface area contributed by atoms with Gasteiger partial charge in [0, 0.05) is 61.4 Å². The fourth-order valence-electron chi connectivity index (χ4n) is 13.9. The fourth-order valence-corrected chi connectivity index (χ4v) is 18.1. The van der Waals surface area contributed by atoms with E-state index in [2.05, 4.69) is 20.8 Å². The molecule has 3 N–H and O–H groups in total. The molecule has 0 aromatic heterocycles. The quantitative estimate of drug-likeness (QED) is 0.0209. The maximum atomic E-state index is 13.7. The molecule has 4 aliphatic carbocycles. The van der Waals surface area contributed by atoms with E-state index in [1.54, 1.807) is 6.07 Å². The maximum Gasteiger partial charge on any atom is 0.472 e. The van der Waals surface area contributed by atoms with Gasteiger partial charge in [-0.05, 0) is 176 Å². The van der Waals surface area contributed by atoms with Crippen molar-refractivity contribution in [1.82, 2.24) is 0 Å². The lowest BCUT2D eigenvalue weighted by Gasteiger charge is -2.30. The molecule has 4 fully saturated rings. The first kappa shape index (κ1) is 89.0. The highest BCUT2D eigenvalue weighted by atomic mass is 31.2. The minimum atomic E-state index is -4.94. The van der Waals surface area contributed by atoms with Crippen LogP contribution in [0.1, 0.15) is 210 Å². The third-order valence-corrected chi connectivity index (χ3v) is 22.5. The number of phosphoric ester groups is 3. The van der Waals surface area contributed by atoms with E-state index in [0.717, 1.165) is 32.1 Å². The number of benzene rings is 3. The third-order valence-electron chi connectivity index (χ3n) is 18.2. The second-order valence-corrected chi connectivity index (χ2v) is 38.7. The predicted molar refractivity (Wildman–Crippen MR) is 390 cm³/mol. The summed E-state index contributed by atoms with van der Waals surface area (Å²) >= 11 is 0. The van der Waals surface area contributed by atoms with Crippen molar-refractivity contribution < 1.29 is 108 Å². The monoisotopic (exact) mass is 1550 g/mol. The number of nitro benzene ring substituents is 3. The molecule has 19 atom stereocenters. The molecule has 0 saturated heterocycles. The summed E-state index contributed by atoms with van der Waals surface area (Å²) in [6.45, 7) is 32.5. The van der Waals surface area contributed by atoms with Gasteiger partial charge in [-0.15, -0.1) is 0 Å². The van der Waals surface area contributed by atoms with E-state index in [1.165, 1.54) is 73.4 Å². The average Bonchev–Trinajstić information content (AvgIpc) is 1.12. The predicted octanol–water partition coefficient (Wildman–Crippen LogP) is 17.9. The molecule has 0 bridgehead atoms. The summed E-state index contributed by atoms with van der Waals surface area (Å²) < 4.78 is 129. The van der Waals surface area contributed by atoms with Crippen molar-refractivity contribution in [2.45, 2.75) is 240 Å². The normalized spacial score (nSPS) is 27.2. The summed E-state index contributed by atoms with van der Waals surface area (Å²) in [6, 6.07) is 16.9. The molecule has 7 unspecified atom stereocenters. The van der Waals surface area contributed by atoms with Gasteiger partial charge in [0.1, 0.15) is 12.2 Å². The number of nitrogens with zero attached hydrogens (tertiary/aromatic N) is 3. The van der Waals surface area contributed by atoms with Crippen LogP contribution in [0.25, 0.3) is 0 Å². The fraction of sp³-hybridized carbons (Fsp3) is 0.746. The molecular formula is C71H115N3O26P4. The molecule has 0 amide bonds. The molecular weight excluding hydrogens is 1430 g/mol. The van der Waals surface area contributed by atoms with Gasteiger partial charge in [-0.3, -0.25) is 62.1 Å². The lowest BCUT2D eigenvalue weighted by molar-refractivity contribution is -0.386. The first-order chi connectivity index (χ1) is 48.0. The molecule has 0 heterocycles. The standard InChI is InChI=1S/C40H62N2O14P2.C31H53NO12P2/c1-27-21-30(35(22-27)54-40(6,7)8)26-53-58(48,49)56-38(32-15-11-13-17-34(32)42(45)46)24-37(31-14-10-12-16-33(31)41(43)44)50-18-19-52-57(9,47)55-36-23-28(2)20-29(36)25-51-39(3,4)5;1-21-16-24(28(17-21)42-31(6,7)8)20-41-46(37,38)43-27(25-11-9-10-12-26(25)32(33)34)13-14-40-45(35,36)44-29-18-22(2)15-23(29)19-39-30(3,4)5/h10-17,27-30,35-38H,18-26H2,1-9H3,(H,48,49);9-12,21-24,27-29H,13-20H2,1-8H3,(H,35,36)(H,37,38)/t27-,28-,29-,30-,35-,36-,37?,38?,57?;21-,22-,23-,24-,27?,28-,29-/m11/s1.